The molecule has 1 aliphatic rings. The van der Waals surface area contributed by atoms with Crippen LogP contribution in [0.1, 0.15) is 49.7 Å². The third kappa shape index (κ3) is 4.34. The minimum Gasteiger partial charge on any atom is -0.344 e. The van der Waals surface area contributed by atoms with E-state index in [0.717, 1.165) is 36.5 Å². The van der Waals surface area contributed by atoms with Gasteiger partial charge in [-0.25, -0.2) is 4.39 Å². The summed E-state index contributed by atoms with van der Waals surface area (Å²) in [6.07, 6.45) is 1.55. The number of carbonyl (C=O) groups is 2. The molecule has 1 aliphatic heterocycles. The molecule has 0 aliphatic carbocycles. The molecule has 3 rings (SSSR count). The van der Waals surface area contributed by atoms with Crippen molar-refractivity contribution in [2.75, 3.05) is 13.1 Å². The molecule has 0 saturated carbocycles. The van der Waals surface area contributed by atoms with Crippen LogP contribution in [0.15, 0.2) is 30.3 Å². The van der Waals surface area contributed by atoms with Crippen LogP contribution in [0, 0.1) is 24.6 Å². The molecule has 1 saturated heterocycles. The number of halogens is 1. The zero-order valence-corrected chi connectivity index (χ0v) is 17.2. The third-order valence-electron chi connectivity index (χ3n) is 5.66. The highest BCUT2D eigenvalue weighted by Gasteiger charge is 2.25. The Morgan fingerprint density at radius 2 is 1.71 bits per heavy atom. The highest BCUT2D eigenvalue weighted by molar-refractivity contribution is 5.96. The summed E-state index contributed by atoms with van der Waals surface area (Å²) >= 11 is 0. The van der Waals surface area contributed by atoms with Crippen LogP contribution in [0.2, 0.25) is 0 Å². The van der Waals surface area contributed by atoms with Gasteiger partial charge in [-0.3, -0.25) is 9.59 Å². The van der Waals surface area contributed by atoms with Crippen molar-refractivity contribution in [2.24, 2.45) is 11.8 Å². The molecular weight excluding hydrogens is 355 g/mol. The van der Waals surface area contributed by atoms with E-state index in [2.05, 4.69) is 13.8 Å². The molecular formula is C23H29FN2O2. The Balaban J connectivity index is 1.83. The van der Waals surface area contributed by atoms with Gasteiger partial charge in [0.25, 0.3) is 0 Å². The van der Waals surface area contributed by atoms with Crippen LogP contribution in [0.4, 0.5) is 4.39 Å². The monoisotopic (exact) mass is 384 g/mol. The Kier molecular flexibility index (Phi) is 6.01. The lowest BCUT2D eigenvalue weighted by molar-refractivity contribution is -0.134. The van der Waals surface area contributed by atoms with E-state index in [1.165, 1.54) is 12.1 Å². The van der Waals surface area contributed by atoms with Gasteiger partial charge >= 0.3 is 0 Å². The Morgan fingerprint density at radius 3 is 2.29 bits per heavy atom. The molecule has 2 atom stereocenters. The highest BCUT2D eigenvalue weighted by atomic mass is 19.1. The van der Waals surface area contributed by atoms with Crippen LogP contribution >= 0.6 is 0 Å². The standard InChI is InChI=1S/C23H29FN2O2/c1-15-11-16(2)14-25(13-15)23(28)9-10-26-17(3)21(18(4)27)12-22(26)19-5-7-20(24)8-6-19/h5-8,12,15-16H,9-11,13-14H2,1-4H3/t15-,16-/m1/s1. The highest BCUT2D eigenvalue weighted by Crippen LogP contribution is 2.28. The van der Waals surface area contributed by atoms with Crippen molar-refractivity contribution >= 4 is 11.7 Å². The number of ketones is 1. The molecule has 0 radical (unpaired) electrons. The van der Waals surface area contributed by atoms with Crippen LogP contribution in [0.25, 0.3) is 11.3 Å². The number of hydrogen-bond acceptors (Lipinski definition) is 2. The van der Waals surface area contributed by atoms with Gasteiger partial charge in [-0.2, -0.15) is 0 Å². The molecule has 1 amide bonds. The lowest BCUT2D eigenvalue weighted by Crippen LogP contribution is -2.42. The molecule has 5 heteroatoms. The maximum Gasteiger partial charge on any atom is 0.224 e. The third-order valence-corrected chi connectivity index (χ3v) is 5.66. The molecule has 0 N–H and O–H groups in total. The number of benzene rings is 1. The maximum atomic E-state index is 13.3. The minimum atomic E-state index is -0.297. The minimum absolute atomic E-state index is 0.00961. The van der Waals surface area contributed by atoms with Crippen molar-refractivity contribution in [3.63, 3.8) is 0 Å². The Hall–Kier alpha value is -2.43. The summed E-state index contributed by atoms with van der Waals surface area (Å²) in [5.41, 5.74) is 3.17. The summed E-state index contributed by atoms with van der Waals surface area (Å²) in [6, 6.07) is 8.09. The Morgan fingerprint density at radius 1 is 1.11 bits per heavy atom. The van der Waals surface area contributed by atoms with Crippen LogP contribution in [-0.2, 0) is 11.3 Å². The van der Waals surface area contributed by atoms with Gasteiger partial charge in [0, 0.05) is 43.0 Å². The first-order chi connectivity index (χ1) is 13.3. The fraction of sp³-hybridized carbons (Fsp3) is 0.478. The van der Waals surface area contributed by atoms with E-state index in [1.807, 2.05) is 22.5 Å². The van der Waals surface area contributed by atoms with Crippen LogP contribution in [0.3, 0.4) is 0 Å². The molecule has 150 valence electrons. The molecule has 2 heterocycles. The van der Waals surface area contributed by atoms with E-state index in [4.69, 9.17) is 0 Å². The lowest BCUT2D eigenvalue weighted by Gasteiger charge is -2.35. The number of nitrogens with zero attached hydrogens (tertiary/aromatic N) is 2. The predicted molar refractivity (Wildman–Crippen MR) is 109 cm³/mol. The summed E-state index contributed by atoms with van der Waals surface area (Å²) in [5.74, 6) is 0.902. The largest absolute Gasteiger partial charge is 0.344 e. The normalized spacial score (nSPS) is 19.7. The molecule has 4 nitrogen and oxygen atoms in total. The SMILES string of the molecule is CC(=O)c1cc(-c2ccc(F)cc2)n(CCC(=O)N2C[C@H](C)C[C@@H](C)C2)c1C. The number of aromatic nitrogens is 1. The second-order valence-electron chi connectivity index (χ2n) is 8.24. The Bertz CT molecular complexity index is 859. The molecule has 1 fully saturated rings. The fourth-order valence-corrected chi connectivity index (χ4v) is 4.38. The van der Waals surface area contributed by atoms with Gasteiger partial charge in [-0.15, -0.1) is 0 Å². The molecule has 0 bridgehead atoms. The van der Waals surface area contributed by atoms with Crippen molar-refractivity contribution in [1.82, 2.24) is 9.47 Å². The van der Waals surface area contributed by atoms with E-state index < -0.39 is 0 Å². The summed E-state index contributed by atoms with van der Waals surface area (Å²) in [4.78, 5) is 26.8. The zero-order valence-electron chi connectivity index (χ0n) is 17.2. The zero-order chi connectivity index (χ0) is 20.4. The Labute approximate surface area is 166 Å². The number of amides is 1. The van der Waals surface area contributed by atoms with Crippen molar-refractivity contribution in [2.45, 2.75) is 47.1 Å². The average Bonchev–Trinajstić information content (AvgIpc) is 2.96. The summed E-state index contributed by atoms with van der Waals surface area (Å²) in [6.45, 7) is 9.97. The number of likely N-dealkylation sites (tertiary alicyclic amines) is 1. The number of carbonyl (C=O) groups excluding carboxylic acids is 2. The smallest absolute Gasteiger partial charge is 0.224 e. The van der Waals surface area contributed by atoms with Gasteiger partial charge in [0.05, 0.1) is 0 Å². The van der Waals surface area contributed by atoms with Crippen molar-refractivity contribution < 1.29 is 14.0 Å². The van der Waals surface area contributed by atoms with E-state index in [9.17, 15) is 14.0 Å². The number of rotatable bonds is 5. The van der Waals surface area contributed by atoms with Crippen LogP contribution < -0.4 is 0 Å². The van der Waals surface area contributed by atoms with Crippen LogP contribution in [0.5, 0.6) is 0 Å². The molecule has 28 heavy (non-hydrogen) atoms. The summed E-state index contributed by atoms with van der Waals surface area (Å²) < 4.78 is 15.3. The van der Waals surface area contributed by atoms with Crippen LogP contribution in [-0.4, -0.2) is 34.2 Å². The molecule has 1 aromatic carbocycles. The lowest BCUT2D eigenvalue weighted by atomic mass is 9.92. The fourth-order valence-electron chi connectivity index (χ4n) is 4.38. The van der Waals surface area contributed by atoms with Crippen molar-refractivity contribution in [3.8, 4) is 11.3 Å². The van der Waals surface area contributed by atoms with Crippen molar-refractivity contribution in [1.29, 1.82) is 0 Å². The number of piperidine rings is 1. The summed E-state index contributed by atoms with van der Waals surface area (Å²) in [7, 11) is 0. The first-order valence-electron chi connectivity index (χ1n) is 10.0. The molecule has 1 aromatic heterocycles. The van der Waals surface area contributed by atoms with Gasteiger partial charge in [0.1, 0.15) is 5.82 Å². The van der Waals surface area contributed by atoms with Gasteiger partial charge < -0.3 is 9.47 Å². The van der Waals surface area contributed by atoms with Gasteiger partial charge in [0.15, 0.2) is 5.78 Å². The number of Topliss-reactive ketones (excluding diaryl/α,β-unsaturated/α-hetero) is 1. The predicted octanol–water partition coefficient (Wildman–Crippen LogP) is 4.70. The molecule has 0 spiro atoms. The second-order valence-corrected chi connectivity index (χ2v) is 8.24. The molecule has 0 unspecified atom stereocenters. The quantitative estimate of drug-likeness (QED) is 0.701. The maximum absolute atomic E-state index is 13.3. The second kappa shape index (κ2) is 8.29. The van der Waals surface area contributed by atoms with Gasteiger partial charge in [-0.1, -0.05) is 13.8 Å². The van der Waals surface area contributed by atoms with E-state index in [1.54, 1.807) is 19.1 Å². The summed E-state index contributed by atoms with van der Waals surface area (Å²) in [5, 5.41) is 0. The van der Waals surface area contributed by atoms with Gasteiger partial charge in [-0.05, 0) is 68.0 Å². The first-order valence-corrected chi connectivity index (χ1v) is 10.0. The molecule has 2 aromatic rings. The van der Waals surface area contributed by atoms with Crippen molar-refractivity contribution in [3.05, 3.63) is 47.4 Å². The average molecular weight is 384 g/mol. The van der Waals surface area contributed by atoms with E-state index in [-0.39, 0.29) is 17.5 Å². The van der Waals surface area contributed by atoms with E-state index >= 15 is 0 Å². The first kappa shape index (κ1) is 20.3. The topological polar surface area (TPSA) is 42.3 Å². The number of hydrogen-bond donors (Lipinski definition) is 0. The van der Waals surface area contributed by atoms with E-state index in [0.29, 0.717) is 30.4 Å². The van der Waals surface area contributed by atoms with Gasteiger partial charge in [0.2, 0.25) is 5.91 Å².